The van der Waals surface area contributed by atoms with Crippen LogP contribution in [0.15, 0.2) is 29.6 Å². The van der Waals surface area contributed by atoms with Gasteiger partial charge in [0.15, 0.2) is 5.78 Å². The molecule has 0 radical (unpaired) electrons. The zero-order valence-electron chi connectivity index (χ0n) is 39.1. The van der Waals surface area contributed by atoms with Crippen LogP contribution in [0.2, 0.25) is 0 Å². The molecule has 1 fully saturated rings. The number of Topliss-reactive ketones (excluding diaryl/α,β-unsaturated/α-hetero) is 1. The van der Waals surface area contributed by atoms with Crippen molar-refractivity contribution < 1.29 is 23.9 Å². The minimum atomic E-state index is -1.19. The van der Waals surface area contributed by atoms with Crippen LogP contribution in [-0.2, 0) is 25.5 Å². The standard InChI is InChI=1S/C52H68N4O5.Mg/c1-12-17-29(4)18-15-19-30(5)20-16-21-31(6)24-25-61-45(57)23-22-38-34(9)41-26-39-32(7)36(13-2)43(53-39)27-40-33(8)37(14-3)44(54-40)28-42-35(10)46-50(56-42)47(49(38)55-41)48(51(46)58)52(59)60-11;/h13,24,26-30,34,38,48H,2,12,14-23,25H2,1,3-11H3,(H2,55,56,58);/q-2;+2/p-1/b31-24+,40-27-,41-26-,44-28-;/t29-,30-,34+,38+,48-;/m1./s1. The summed E-state index contributed by atoms with van der Waals surface area (Å²) in [5, 5.41) is 5.27. The van der Waals surface area contributed by atoms with E-state index in [0.29, 0.717) is 40.2 Å². The number of methoxy groups -OCH3 is 1. The Morgan fingerprint density at radius 1 is 0.887 bits per heavy atom. The van der Waals surface area contributed by atoms with E-state index in [1.165, 1.54) is 51.2 Å². The second-order valence-electron chi connectivity index (χ2n) is 18.0. The zero-order valence-corrected chi connectivity index (χ0v) is 40.5. The second-order valence-corrected chi connectivity index (χ2v) is 18.0. The fourth-order valence-corrected chi connectivity index (χ4v) is 9.80. The maximum atomic E-state index is 14.4. The van der Waals surface area contributed by atoms with Gasteiger partial charge in [-0.3, -0.25) is 14.4 Å². The van der Waals surface area contributed by atoms with Crippen LogP contribution in [0.3, 0.4) is 0 Å². The molecule has 3 aliphatic rings. The number of allylic oxidation sites excluding steroid dienone is 3. The molecule has 328 valence electrons. The van der Waals surface area contributed by atoms with Crippen molar-refractivity contribution in [1.82, 2.24) is 20.3 Å². The van der Waals surface area contributed by atoms with E-state index in [0.717, 1.165) is 81.1 Å². The SMILES string of the molecule is C=Cc1c2[n-]c(c1C)/C=C1\N/C(=C3\c4[n-]c(c(C)c4C(=O)[C@@H]3C(=O)OC)/C=c3\[n-]/c(c(C)c3CC)=C\2)[C@@H](CCC(=O)OC/C=C(\C)CCC[C@H](C)CCC[C@H](C)CCC)[C@@H]1C.[Mg+2]. The molecule has 62 heavy (non-hydrogen) atoms. The molecular formula is C52H67MgN4O5-. The van der Waals surface area contributed by atoms with Crippen LogP contribution < -0.4 is 31.0 Å². The van der Waals surface area contributed by atoms with Gasteiger partial charge in [-0.2, -0.15) is 0 Å². The van der Waals surface area contributed by atoms with E-state index in [-0.39, 0.29) is 59.7 Å². The average molecular weight is 852 g/mol. The molecule has 0 unspecified atom stereocenters. The molecule has 1 aliphatic carbocycles. The minimum absolute atomic E-state index is 0. The molecule has 0 saturated carbocycles. The first-order valence-electron chi connectivity index (χ1n) is 22.7. The van der Waals surface area contributed by atoms with Crippen LogP contribution in [0.25, 0.3) is 29.9 Å². The fourth-order valence-electron chi connectivity index (χ4n) is 9.80. The Morgan fingerprint density at radius 3 is 2.24 bits per heavy atom. The number of hydrogen-bond acceptors (Lipinski definition) is 6. The third-order valence-electron chi connectivity index (χ3n) is 13.6. The number of carbonyl (C=O) groups is 3. The number of ether oxygens (including phenoxy) is 2. The monoisotopic (exact) mass is 851 g/mol. The summed E-state index contributed by atoms with van der Waals surface area (Å²) in [7, 11) is 1.30. The summed E-state index contributed by atoms with van der Waals surface area (Å²) in [6.07, 6.45) is 21.1. The molecule has 6 rings (SSSR count). The molecule has 3 aromatic heterocycles. The van der Waals surface area contributed by atoms with E-state index in [2.05, 4.69) is 60.4 Å². The molecule has 5 atom stereocenters. The van der Waals surface area contributed by atoms with Gasteiger partial charge in [0.25, 0.3) is 0 Å². The topological polar surface area (TPSA) is 124 Å². The van der Waals surface area contributed by atoms with Crippen molar-refractivity contribution in [1.29, 1.82) is 0 Å². The zero-order chi connectivity index (χ0) is 44.1. The van der Waals surface area contributed by atoms with Crippen molar-refractivity contribution in [3.05, 3.63) is 96.5 Å². The maximum absolute atomic E-state index is 14.4. The van der Waals surface area contributed by atoms with Crippen molar-refractivity contribution in [2.45, 2.75) is 133 Å². The first-order valence-corrected chi connectivity index (χ1v) is 22.7. The first-order chi connectivity index (χ1) is 29.2. The summed E-state index contributed by atoms with van der Waals surface area (Å²) < 4.78 is 11.0. The molecule has 9 nitrogen and oxygen atoms in total. The third-order valence-corrected chi connectivity index (χ3v) is 13.6. The molecule has 0 aromatic carbocycles. The number of rotatable bonds is 18. The number of esters is 2. The molecule has 0 spiro atoms. The summed E-state index contributed by atoms with van der Waals surface area (Å²) in [6, 6.07) is 0. The van der Waals surface area contributed by atoms with Gasteiger partial charge in [0.2, 0.25) is 0 Å². The van der Waals surface area contributed by atoms with Crippen LogP contribution >= 0.6 is 0 Å². The van der Waals surface area contributed by atoms with Crippen molar-refractivity contribution in [3.8, 4) is 0 Å². The third kappa shape index (κ3) is 10.2. The second kappa shape index (κ2) is 21.4. The predicted octanol–water partition coefficient (Wildman–Crippen LogP) is 8.55. The van der Waals surface area contributed by atoms with E-state index in [1.54, 1.807) is 0 Å². The summed E-state index contributed by atoms with van der Waals surface area (Å²) >= 11 is 0. The number of nitrogens with zero attached hydrogens (tertiary/aromatic N) is 3. The van der Waals surface area contributed by atoms with E-state index >= 15 is 0 Å². The molecule has 1 saturated heterocycles. The summed E-state index contributed by atoms with van der Waals surface area (Å²) in [6.45, 7) is 23.7. The Balaban J connectivity index is 0.00000726. The molecule has 0 amide bonds. The summed E-state index contributed by atoms with van der Waals surface area (Å²) in [5.41, 5.74) is 11.2. The van der Waals surface area contributed by atoms with E-state index in [1.807, 2.05) is 44.2 Å². The Hall–Kier alpha value is -4.28. The number of ketones is 1. The maximum Gasteiger partial charge on any atom is 2.00 e. The van der Waals surface area contributed by atoms with Crippen LogP contribution in [0.1, 0.15) is 167 Å². The van der Waals surface area contributed by atoms with Gasteiger partial charge >= 0.3 is 35.0 Å². The normalized spacial score (nSPS) is 22.0. The van der Waals surface area contributed by atoms with Gasteiger partial charge in [0, 0.05) is 35.2 Å². The van der Waals surface area contributed by atoms with Gasteiger partial charge in [-0.25, -0.2) is 0 Å². The Bertz CT molecular complexity index is 2380. The Kier molecular flexibility index (Phi) is 16.8. The van der Waals surface area contributed by atoms with Crippen LogP contribution in [0.5, 0.6) is 0 Å². The van der Waals surface area contributed by atoms with Crippen molar-refractivity contribution >= 4 is 70.7 Å². The number of hydrogen-bond donors (Lipinski definition) is 1. The van der Waals surface area contributed by atoms with Crippen LogP contribution in [-0.4, -0.2) is 54.5 Å². The number of fused-ring (bicyclic) bond motifs is 7. The average Bonchev–Trinajstić information content (AvgIpc) is 3.97. The molecule has 10 heteroatoms. The number of nitrogens with one attached hydrogen (secondary N) is 1. The molecule has 2 aliphatic heterocycles. The minimum Gasteiger partial charge on any atom is -0.657 e. The molecular weight excluding hydrogens is 785 g/mol. The quantitative estimate of drug-likeness (QED) is 0.0581. The van der Waals surface area contributed by atoms with Crippen molar-refractivity contribution in [3.63, 3.8) is 0 Å². The van der Waals surface area contributed by atoms with Gasteiger partial charge in [-0.15, -0.1) is 33.5 Å². The largest absolute Gasteiger partial charge is 2.00 e. The van der Waals surface area contributed by atoms with Gasteiger partial charge in [0.05, 0.1) is 7.11 Å². The molecule has 8 bridgehead atoms. The Labute approximate surface area is 385 Å². The number of carbonyl (C=O) groups excluding carboxylic acids is 3. The number of aromatic nitrogens is 3. The van der Waals surface area contributed by atoms with E-state index in [4.69, 9.17) is 24.4 Å². The van der Waals surface area contributed by atoms with Gasteiger partial charge < -0.3 is 29.7 Å². The first kappa shape index (κ1) is 48.7. The van der Waals surface area contributed by atoms with E-state index in [9.17, 15) is 14.4 Å². The fraction of sp³-hybridized carbons (Fsp3) is 0.519. The summed E-state index contributed by atoms with van der Waals surface area (Å²) in [4.78, 5) is 56.6. The molecule has 3 aromatic rings. The molecule has 5 heterocycles. The van der Waals surface area contributed by atoms with Crippen LogP contribution in [0, 0.1) is 50.4 Å². The van der Waals surface area contributed by atoms with Gasteiger partial charge in [-0.05, 0) is 82.4 Å². The molecule has 1 N–H and O–H groups in total. The smallest absolute Gasteiger partial charge is 0.657 e. The van der Waals surface area contributed by atoms with Crippen molar-refractivity contribution in [2.24, 2.45) is 29.6 Å². The van der Waals surface area contributed by atoms with Gasteiger partial charge in [-0.1, -0.05) is 132 Å². The Morgan fingerprint density at radius 2 is 1.56 bits per heavy atom. The van der Waals surface area contributed by atoms with Crippen LogP contribution in [0.4, 0.5) is 0 Å². The van der Waals surface area contributed by atoms with Crippen molar-refractivity contribution in [2.75, 3.05) is 13.7 Å². The summed E-state index contributed by atoms with van der Waals surface area (Å²) in [5.74, 6) is -1.29. The van der Waals surface area contributed by atoms with E-state index < -0.39 is 11.9 Å². The van der Waals surface area contributed by atoms with Gasteiger partial charge in [0.1, 0.15) is 12.5 Å². The predicted molar refractivity (Wildman–Crippen MR) is 251 cm³/mol.